The minimum Gasteiger partial charge on any atom is -0.493 e. The molecule has 2 aromatic carbocycles. The van der Waals surface area contributed by atoms with Gasteiger partial charge in [0, 0.05) is 38.1 Å². The molecule has 0 aromatic heterocycles. The van der Waals surface area contributed by atoms with Crippen molar-refractivity contribution in [2.75, 3.05) is 34.4 Å². The molecule has 1 unspecified atom stereocenters. The Morgan fingerprint density at radius 3 is 2.60 bits per heavy atom. The first-order valence-corrected chi connectivity index (χ1v) is 10.3. The van der Waals surface area contributed by atoms with E-state index in [0.717, 1.165) is 11.1 Å². The van der Waals surface area contributed by atoms with Gasteiger partial charge >= 0.3 is 0 Å². The molecule has 3 rings (SSSR count). The molecule has 2 amide bonds. The van der Waals surface area contributed by atoms with Crippen molar-refractivity contribution in [1.29, 1.82) is 0 Å². The van der Waals surface area contributed by atoms with Gasteiger partial charge in [-0.2, -0.15) is 0 Å². The monoisotopic (exact) mass is 430 g/mol. The zero-order chi connectivity index (χ0) is 21.7. The van der Waals surface area contributed by atoms with Crippen LogP contribution in [0.4, 0.5) is 0 Å². The molecule has 30 heavy (non-hydrogen) atoms. The van der Waals surface area contributed by atoms with Gasteiger partial charge in [-0.05, 0) is 35.7 Å². The van der Waals surface area contributed by atoms with E-state index in [9.17, 15) is 9.59 Å². The maximum atomic E-state index is 12.9. The summed E-state index contributed by atoms with van der Waals surface area (Å²) in [7, 11) is 4.95. The lowest BCUT2D eigenvalue weighted by molar-refractivity contribution is -0.135. The van der Waals surface area contributed by atoms with E-state index in [1.165, 1.54) is 0 Å². The topological polar surface area (TPSA) is 59.1 Å². The Kier molecular flexibility index (Phi) is 7.21. The van der Waals surface area contributed by atoms with Crippen molar-refractivity contribution < 1.29 is 19.1 Å². The van der Waals surface area contributed by atoms with Crippen molar-refractivity contribution >= 4 is 23.4 Å². The fourth-order valence-electron chi connectivity index (χ4n) is 3.73. The number of hydrogen-bond donors (Lipinski definition) is 0. The number of nitrogens with zero attached hydrogens (tertiary/aromatic N) is 2. The Bertz CT molecular complexity index is 918. The molecule has 160 valence electrons. The van der Waals surface area contributed by atoms with Gasteiger partial charge in [-0.15, -0.1) is 0 Å². The quantitative estimate of drug-likeness (QED) is 0.644. The fourth-order valence-corrected chi connectivity index (χ4v) is 3.92. The second-order valence-corrected chi connectivity index (χ2v) is 7.87. The molecule has 1 aliphatic heterocycles. The van der Waals surface area contributed by atoms with Gasteiger partial charge in [0.15, 0.2) is 11.5 Å². The predicted octanol–water partition coefficient (Wildman–Crippen LogP) is 3.41. The molecule has 1 aliphatic rings. The van der Waals surface area contributed by atoms with E-state index >= 15 is 0 Å². The number of rotatable bonds is 8. The molecule has 0 N–H and O–H groups in total. The van der Waals surface area contributed by atoms with Crippen LogP contribution in [0.25, 0.3) is 0 Å². The minimum absolute atomic E-state index is 0.0139. The highest BCUT2D eigenvalue weighted by Crippen LogP contribution is 2.28. The molecule has 1 heterocycles. The Labute approximate surface area is 182 Å². The van der Waals surface area contributed by atoms with Crippen molar-refractivity contribution in [3.8, 4) is 11.5 Å². The van der Waals surface area contributed by atoms with Crippen LogP contribution in [-0.2, 0) is 22.6 Å². The first-order chi connectivity index (χ1) is 14.4. The van der Waals surface area contributed by atoms with Crippen LogP contribution in [0.3, 0.4) is 0 Å². The van der Waals surface area contributed by atoms with E-state index in [-0.39, 0.29) is 24.2 Å². The van der Waals surface area contributed by atoms with Crippen LogP contribution in [0, 0.1) is 5.92 Å². The van der Waals surface area contributed by atoms with Crippen LogP contribution in [0.2, 0.25) is 5.02 Å². The minimum atomic E-state index is -0.324. The van der Waals surface area contributed by atoms with Crippen molar-refractivity contribution in [2.24, 2.45) is 5.92 Å². The average molecular weight is 431 g/mol. The molecule has 0 radical (unpaired) electrons. The molecular formula is C23H27ClN2O4. The van der Waals surface area contributed by atoms with Gasteiger partial charge in [-0.1, -0.05) is 35.9 Å². The smallest absolute Gasteiger partial charge is 0.228 e. The van der Waals surface area contributed by atoms with Crippen molar-refractivity contribution in [2.45, 2.75) is 19.4 Å². The number of amides is 2. The Hall–Kier alpha value is -2.73. The number of carbonyl (C=O) groups is 2. The standard InChI is InChI=1S/C23H27ClN2O4/c1-25(14-17-6-4-5-7-19(17)24)23(28)18-13-22(27)26(15-18)11-10-16-8-9-20(29-2)21(12-16)30-3/h4-9,12,18H,10-11,13-15H2,1-3H3. The lowest BCUT2D eigenvalue weighted by atomic mass is 10.1. The number of carbonyl (C=O) groups excluding carboxylic acids is 2. The third-order valence-corrected chi connectivity index (χ3v) is 5.79. The number of ether oxygens (including phenoxy) is 2. The van der Waals surface area contributed by atoms with Gasteiger partial charge in [0.05, 0.1) is 20.1 Å². The summed E-state index contributed by atoms with van der Waals surface area (Å²) in [4.78, 5) is 28.7. The third kappa shape index (κ3) is 5.05. The van der Waals surface area contributed by atoms with Crippen LogP contribution >= 0.6 is 11.6 Å². The zero-order valence-electron chi connectivity index (χ0n) is 17.6. The Balaban J connectivity index is 1.56. The summed E-state index contributed by atoms with van der Waals surface area (Å²) in [5, 5.41) is 0.635. The molecule has 2 aromatic rings. The largest absolute Gasteiger partial charge is 0.493 e. The highest BCUT2D eigenvalue weighted by Gasteiger charge is 2.35. The zero-order valence-corrected chi connectivity index (χ0v) is 18.3. The first-order valence-electron chi connectivity index (χ1n) is 9.90. The van der Waals surface area contributed by atoms with E-state index in [1.54, 1.807) is 31.1 Å². The van der Waals surface area contributed by atoms with Crippen LogP contribution in [0.1, 0.15) is 17.5 Å². The van der Waals surface area contributed by atoms with Crippen LogP contribution < -0.4 is 9.47 Å². The molecule has 0 spiro atoms. The van der Waals surface area contributed by atoms with Gasteiger partial charge in [0.25, 0.3) is 0 Å². The third-order valence-electron chi connectivity index (χ3n) is 5.42. The number of methoxy groups -OCH3 is 2. The van der Waals surface area contributed by atoms with Crippen LogP contribution in [0.5, 0.6) is 11.5 Å². The van der Waals surface area contributed by atoms with Gasteiger partial charge in [0.2, 0.25) is 11.8 Å². The summed E-state index contributed by atoms with van der Waals surface area (Å²) in [5.74, 6) is 0.995. The van der Waals surface area contributed by atoms with E-state index in [0.29, 0.717) is 42.6 Å². The maximum Gasteiger partial charge on any atom is 0.228 e. The number of halogens is 1. The van der Waals surface area contributed by atoms with Crippen molar-refractivity contribution in [3.63, 3.8) is 0 Å². The van der Waals surface area contributed by atoms with Gasteiger partial charge in [-0.3, -0.25) is 9.59 Å². The summed E-state index contributed by atoms with van der Waals surface area (Å²) >= 11 is 6.20. The van der Waals surface area contributed by atoms with Crippen molar-refractivity contribution in [1.82, 2.24) is 9.80 Å². The van der Waals surface area contributed by atoms with Gasteiger partial charge < -0.3 is 19.3 Å². The second kappa shape index (κ2) is 9.85. The van der Waals surface area contributed by atoms with E-state index in [4.69, 9.17) is 21.1 Å². The average Bonchev–Trinajstić information content (AvgIpc) is 3.13. The Morgan fingerprint density at radius 1 is 1.17 bits per heavy atom. The normalized spacial score (nSPS) is 15.9. The molecule has 1 saturated heterocycles. The molecular weight excluding hydrogens is 404 g/mol. The van der Waals surface area contributed by atoms with E-state index in [2.05, 4.69) is 0 Å². The number of likely N-dealkylation sites (tertiary alicyclic amines) is 1. The SMILES string of the molecule is COc1ccc(CCN2CC(C(=O)N(C)Cc3ccccc3Cl)CC2=O)cc1OC. The van der Waals surface area contributed by atoms with Crippen LogP contribution in [-0.4, -0.2) is 56.0 Å². The van der Waals surface area contributed by atoms with E-state index in [1.807, 2.05) is 42.5 Å². The molecule has 1 atom stereocenters. The molecule has 6 nitrogen and oxygen atoms in total. The van der Waals surface area contributed by atoms with Gasteiger partial charge in [0.1, 0.15) is 0 Å². The lowest BCUT2D eigenvalue weighted by Gasteiger charge is -2.22. The summed E-state index contributed by atoms with van der Waals surface area (Å²) in [6, 6.07) is 13.2. The summed E-state index contributed by atoms with van der Waals surface area (Å²) in [5.41, 5.74) is 1.94. The Morgan fingerprint density at radius 2 is 1.90 bits per heavy atom. The molecule has 7 heteroatoms. The molecule has 0 saturated carbocycles. The number of hydrogen-bond acceptors (Lipinski definition) is 4. The summed E-state index contributed by atoms with van der Waals surface area (Å²) in [6.45, 7) is 1.43. The highest BCUT2D eigenvalue weighted by atomic mass is 35.5. The highest BCUT2D eigenvalue weighted by molar-refractivity contribution is 6.31. The van der Waals surface area contributed by atoms with Gasteiger partial charge in [-0.25, -0.2) is 0 Å². The second-order valence-electron chi connectivity index (χ2n) is 7.47. The molecule has 1 fully saturated rings. The summed E-state index contributed by atoms with van der Waals surface area (Å²) < 4.78 is 10.6. The first kappa shape index (κ1) is 22.0. The maximum absolute atomic E-state index is 12.9. The predicted molar refractivity (Wildman–Crippen MR) is 116 cm³/mol. The van der Waals surface area contributed by atoms with Crippen molar-refractivity contribution in [3.05, 3.63) is 58.6 Å². The number of benzene rings is 2. The fraction of sp³-hybridized carbons (Fsp3) is 0.391. The van der Waals surface area contributed by atoms with Crippen LogP contribution in [0.15, 0.2) is 42.5 Å². The molecule has 0 aliphatic carbocycles. The lowest BCUT2D eigenvalue weighted by Crippen LogP contribution is -2.34. The van der Waals surface area contributed by atoms with E-state index < -0.39 is 0 Å². The molecule has 0 bridgehead atoms. The summed E-state index contributed by atoms with van der Waals surface area (Å²) in [6.07, 6.45) is 0.931.